The van der Waals surface area contributed by atoms with Crippen molar-refractivity contribution in [1.29, 1.82) is 10.8 Å². The van der Waals surface area contributed by atoms with Crippen LogP contribution in [0.3, 0.4) is 0 Å². The lowest BCUT2D eigenvalue weighted by molar-refractivity contribution is 0.0998. The summed E-state index contributed by atoms with van der Waals surface area (Å²) in [6, 6.07) is 8.50. The number of hydrogen-bond acceptors (Lipinski definition) is 6. The van der Waals surface area contributed by atoms with Crippen molar-refractivity contribution >= 4 is 34.2 Å². The van der Waals surface area contributed by atoms with E-state index in [0.717, 1.165) is 53.9 Å². The van der Waals surface area contributed by atoms with Gasteiger partial charge in [0.25, 0.3) is 0 Å². The molecule has 46 heavy (non-hydrogen) atoms. The first-order chi connectivity index (χ1) is 22.0. The summed E-state index contributed by atoms with van der Waals surface area (Å²) in [7, 11) is 1.30. The summed E-state index contributed by atoms with van der Waals surface area (Å²) in [4.78, 5) is 17.9. The number of hydrogen-bond donors (Lipinski definition) is 3. The van der Waals surface area contributed by atoms with Gasteiger partial charge in [0, 0.05) is 47.3 Å². The minimum absolute atomic E-state index is 0.0204. The smallest absolute Gasteiger partial charge is 0.201 e. The molecule has 0 fully saturated rings. The van der Waals surface area contributed by atoms with E-state index in [-0.39, 0.29) is 35.4 Å². The summed E-state index contributed by atoms with van der Waals surface area (Å²) < 4.78 is 34.2. The Balaban J connectivity index is 1.44. The zero-order chi connectivity index (χ0) is 33.4. The van der Waals surface area contributed by atoms with Gasteiger partial charge in [0.15, 0.2) is 17.3 Å². The van der Waals surface area contributed by atoms with Gasteiger partial charge in [-0.1, -0.05) is 51.5 Å². The maximum atomic E-state index is 14.9. The number of methoxy groups -OCH3 is 1. The highest BCUT2D eigenvalue weighted by atomic mass is 19.2. The summed E-state index contributed by atoms with van der Waals surface area (Å²) in [6.07, 6.45) is 14.1. The normalized spacial score (nSPS) is 16.9. The van der Waals surface area contributed by atoms with Crippen molar-refractivity contribution in [2.45, 2.75) is 72.6 Å². The molecule has 0 unspecified atom stereocenters. The molecule has 242 valence electrons. The number of nitrogens with zero attached hydrogens (tertiary/aromatic N) is 1. The molecule has 2 aliphatic rings. The fourth-order valence-electron chi connectivity index (χ4n) is 5.58. The molecule has 6 nitrogen and oxygen atoms in total. The number of allylic oxidation sites excluding steroid dienone is 6. The first-order valence-corrected chi connectivity index (χ1v) is 15.9. The van der Waals surface area contributed by atoms with E-state index in [1.165, 1.54) is 19.2 Å². The molecule has 0 aromatic heterocycles. The van der Waals surface area contributed by atoms with Crippen LogP contribution in [0.1, 0.15) is 87.2 Å². The molecule has 4 rings (SSSR count). The Morgan fingerprint density at radius 2 is 1.83 bits per heavy atom. The molecule has 0 bridgehead atoms. The van der Waals surface area contributed by atoms with Crippen molar-refractivity contribution in [3.8, 4) is 5.75 Å². The number of nitrogens with one attached hydrogen (secondary N) is 3. The Morgan fingerprint density at radius 3 is 2.54 bits per heavy atom. The largest absolute Gasteiger partial charge is 0.494 e. The Kier molecular flexibility index (Phi) is 11.7. The van der Waals surface area contributed by atoms with Gasteiger partial charge < -0.3 is 20.9 Å². The van der Waals surface area contributed by atoms with E-state index in [0.29, 0.717) is 35.4 Å². The van der Waals surface area contributed by atoms with Gasteiger partial charge in [0.05, 0.1) is 18.5 Å². The number of fused-ring (bicyclic) bond motifs is 1. The molecule has 1 aliphatic carbocycles. The van der Waals surface area contributed by atoms with Gasteiger partial charge in [-0.05, 0) is 91.5 Å². The average molecular weight is 627 g/mol. The number of unbranched alkanes of at least 4 members (excludes halogenated alkanes) is 1. The number of ether oxygens (including phenoxy) is 1. The van der Waals surface area contributed by atoms with Crippen LogP contribution in [0.15, 0.2) is 77.1 Å². The molecule has 1 heterocycles. The third-order valence-corrected chi connectivity index (χ3v) is 8.58. The lowest BCUT2D eigenvalue weighted by atomic mass is 9.90. The predicted octanol–water partition coefficient (Wildman–Crippen LogP) is 9.81. The van der Waals surface area contributed by atoms with E-state index in [1.807, 2.05) is 64.1 Å². The zero-order valence-corrected chi connectivity index (χ0v) is 27.4. The molecule has 0 amide bonds. The maximum Gasteiger partial charge on any atom is 0.201 e. The van der Waals surface area contributed by atoms with Crippen molar-refractivity contribution in [2.24, 2.45) is 16.8 Å². The molecular weight excluding hydrogens is 582 g/mol. The van der Waals surface area contributed by atoms with Crippen LogP contribution in [0.5, 0.6) is 5.75 Å². The summed E-state index contributed by atoms with van der Waals surface area (Å²) in [5, 5.41) is 20.0. The van der Waals surface area contributed by atoms with Crippen molar-refractivity contribution in [3.63, 3.8) is 0 Å². The lowest BCUT2D eigenvalue weighted by Crippen LogP contribution is -2.18. The average Bonchev–Trinajstić information content (AvgIpc) is 3.02. The SMILES string of the molecule is COc1ccc(C2=CN=C3C(Nc4ccc(C(=O)CC(=N)[C@@H](C)CCCCC(=N)C(C)C)c(C)c4)=CC/C=C\C=C/3C2)c(F)c1F. The molecule has 8 heteroatoms. The van der Waals surface area contributed by atoms with E-state index < -0.39 is 11.6 Å². The second kappa shape index (κ2) is 15.7. The van der Waals surface area contributed by atoms with Crippen LogP contribution in [-0.2, 0) is 0 Å². The molecular formula is C38H44F2N4O2. The fourth-order valence-corrected chi connectivity index (χ4v) is 5.58. The van der Waals surface area contributed by atoms with E-state index in [9.17, 15) is 13.6 Å². The first-order valence-electron chi connectivity index (χ1n) is 15.9. The maximum absolute atomic E-state index is 14.9. The molecule has 0 saturated heterocycles. The van der Waals surface area contributed by atoms with Gasteiger partial charge in [-0.15, -0.1) is 0 Å². The van der Waals surface area contributed by atoms with E-state index >= 15 is 0 Å². The second-order valence-corrected chi connectivity index (χ2v) is 12.3. The van der Waals surface area contributed by atoms with Gasteiger partial charge >= 0.3 is 0 Å². The fraction of sp³-hybridized carbons (Fsp3) is 0.368. The number of carbonyl (C=O) groups excluding carboxylic acids is 1. The Bertz CT molecular complexity index is 1660. The summed E-state index contributed by atoms with van der Waals surface area (Å²) >= 11 is 0. The standard InChI is InChI=1S/C38H44F2N4O2/c1-23(2)31(41)13-10-9-11-24(3)32(42)21-34(45)29-16-15-28(19-25(29)4)44-33-14-8-6-7-12-26-20-27(22-43-38(26)33)30-17-18-35(46-5)37(40)36(30)39/h6-7,12,14-19,22-24,41-42,44H,8-11,13,20-21H2,1-5H3/b7-6-,26-12-,33-14?,41-31?,42-32?/t24-/m0/s1. The van der Waals surface area contributed by atoms with E-state index in [1.54, 1.807) is 12.3 Å². The topological polar surface area (TPSA) is 98.4 Å². The Morgan fingerprint density at radius 1 is 1.04 bits per heavy atom. The molecule has 0 saturated carbocycles. The van der Waals surface area contributed by atoms with Crippen LogP contribution in [0.4, 0.5) is 14.5 Å². The molecule has 1 aliphatic heterocycles. The molecule has 2 aromatic rings. The number of halogens is 2. The van der Waals surface area contributed by atoms with Crippen LogP contribution in [0.2, 0.25) is 0 Å². The number of carbonyl (C=O) groups is 1. The zero-order valence-electron chi connectivity index (χ0n) is 27.4. The summed E-state index contributed by atoms with van der Waals surface area (Å²) in [5.41, 5.74) is 6.47. The predicted molar refractivity (Wildman–Crippen MR) is 185 cm³/mol. The molecule has 1 atom stereocenters. The number of aliphatic imine (C=N–C) groups is 1. The van der Waals surface area contributed by atoms with Gasteiger partial charge in [0.1, 0.15) is 0 Å². The molecule has 2 aromatic carbocycles. The number of benzene rings is 2. The highest BCUT2D eigenvalue weighted by Crippen LogP contribution is 2.34. The van der Waals surface area contributed by atoms with Crippen LogP contribution >= 0.6 is 0 Å². The summed E-state index contributed by atoms with van der Waals surface area (Å²) in [5.74, 6) is -1.91. The van der Waals surface area contributed by atoms with Crippen molar-refractivity contribution in [2.75, 3.05) is 12.4 Å². The van der Waals surface area contributed by atoms with Gasteiger partial charge in [-0.25, -0.2) is 4.39 Å². The van der Waals surface area contributed by atoms with Gasteiger partial charge in [-0.2, -0.15) is 4.39 Å². The van der Waals surface area contributed by atoms with Crippen LogP contribution in [-0.4, -0.2) is 30.0 Å². The lowest BCUT2D eigenvalue weighted by Gasteiger charge is -2.22. The number of anilines is 1. The van der Waals surface area contributed by atoms with Crippen molar-refractivity contribution < 1.29 is 18.3 Å². The Hall–Kier alpha value is -4.46. The second-order valence-electron chi connectivity index (χ2n) is 12.3. The quantitative estimate of drug-likeness (QED) is 0.111. The van der Waals surface area contributed by atoms with Crippen LogP contribution < -0.4 is 10.1 Å². The number of Topliss-reactive ketones (excluding diaryl/α,β-unsaturated/α-hetero) is 1. The number of aryl methyl sites for hydroxylation is 1. The Labute approximate surface area is 271 Å². The van der Waals surface area contributed by atoms with E-state index in [4.69, 9.17) is 15.6 Å². The monoisotopic (exact) mass is 626 g/mol. The first kappa shape index (κ1) is 34.4. The third kappa shape index (κ3) is 8.42. The highest BCUT2D eigenvalue weighted by molar-refractivity contribution is 6.16. The van der Waals surface area contributed by atoms with Crippen molar-refractivity contribution in [3.05, 3.63) is 100 Å². The molecule has 0 spiro atoms. The van der Waals surface area contributed by atoms with Gasteiger partial charge in [-0.3, -0.25) is 9.79 Å². The third-order valence-electron chi connectivity index (χ3n) is 8.58. The minimum atomic E-state index is -1.02. The number of ketones is 1. The van der Waals surface area contributed by atoms with Crippen LogP contribution in [0, 0.1) is 41.2 Å². The van der Waals surface area contributed by atoms with Crippen molar-refractivity contribution in [1.82, 2.24) is 0 Å². The highest BCUT2D eigenvalue weighted by Gasteiger charge is 2.24. The van der Waals surface area contributed by atoms with Crippen LogP contribution in [0.25, 0.3) is 5.57 Å². The van der Waals surface area contributed by atoms with E-state index in [2.05, 4.69) is 10.3 Å². The molecule has 3 N–H and O–H groups in total. The van der Waals surface area contributed by atoms with Gasteiger partial charge in [0.2, 0.25) is 5.82 Å². The minimum Gasteiger partial charge on any atom is -0.494 e. The molecule has 0 radical (unpaired) electrons. The number of rotatable bonds is 14. The summed E-state index contributed by atoms with van der Waals surface area (Å²) in [6.45, 7) is 7.97.